The van der Waals surface area contributed by atoms with Gasteiger partial charge in [-0.25, -0.2) is 9.78 Å². The number of hydrogen-bond donors (Lipinski definition) is 0. The molecule has 10 heteroatoms. The van der Waals surface area contributed by atoms with E-state index in [2.05, 4.69) is 15.1 Å². The van der Waals surface area contributed by atoms with Crippen molar-refractivity contribution in [2.75, 3.05) is 7.11 Å². The first-order valence-electron chi connectivity index (χ1n) is 11.8. The first-order valence-corrected chi connectivity index (χ1v) is 12.6. The Balaban J connectivity index is 1.26. The van der Waals surface area contributed by atoms with Gasteiger partial charge < -0.3 is 18.7 Å². The molecule has 0 radical (unpaired) electrons. The molecule has 1 aromatic carbocycles. The molecule has 1 aliphatic carbocycles. The van der Waals surface area contributed by atoms with Crippen LogP contribution in [0.1, 0.15) is 51.7 Å². The summed E-state index contributed by atoms with van der Waals surface area (Å²) in [7, 11) is 1.33. The van der Waals surface area contributed by atoms with Crippen molar-refractivity contribution in [1.82, 2.24) is 15.1 Å². The van der Waals surface area contributed by atoms with E-state index in [-0.39, 0.29) is 6.61 Å². The molecule has 2 aliphatic rings. The highest BCUT2D eigenvalue weighted by molar-refractivity contribution is 6.39. The number of aromatic nitrogens is 3. The molecule has 0 amide bonds. The number of methoxy groups -OCH3 is 1. The van der Waals surface area contributed by atoms with Crippen molar-refractivity contribution in [1.29, 1.82) is 0 Å². The van der Waals surface area contributed by atoms with Gasteiger partial charge in [-0.15, -0.1) is 0 Å². The van der Waals surface area contributed by atoms with E-state index < -0.39 is 5.97 Å². The number of carbonyl (C=O) groups is 1. The second kappa shape index (κ2) is 9.68. The van der Waals surface area contributed by atoms with Crippen molar-refractivity contribution in [3.8, 4) is 28.6 Å². The first-order chi connectivity index (χ1) is 18.0. The van der Waals surface area contributed by atoms with Crippen LogP contribution < -0.4 is 9.47 Å². The highest BCUT2D eigenvalue weighted by Crippen LogP contribution is 2.46. The third-order valence-corrected chi connectivity index (χ3v) is 7.09. The van der Waals surface area contributed by atoms with Gasteiger partial charge in [0.25, 0.3) is 0 Å². The van der Waals surface area contributed by atoms with E-state index >= 15 is 0 Å². The molecular weight excluding hydrogens is 517 g/mol. The van der Waals surface area contributed by atoms with Crippen LogP contribution in [0.4, 0.5) is 0 Å². The van der Waals surface area contributed by atoms with Crippen LogP contribution in [0.5, 0.6) is 17.4 Å². The number of ether oxygens (including phenoxy) is 3. The summed E-state index contributed by atoms with van der Waals surface area (Å²) in [5.41, 5.74) is 4.03. The fourth-order valence-corrected chi connectivity index (χ4v) is 4.95. The molecule has 0 bridgehead atoms. The van der Waals surface area contributed by atoms with Gasteiger partial charge in [0, 0.05) is 29.3 Å². The maximum Gasteiger partial charge on any atom is 0.339 e. The Morgan fingerprint density at radius 3 is 2.65 bits per heavy atom. The largest absolute Gasteiger partial charge is 0.473 e. The minimum absolute atomic E-state index is 0.198. The fourth-order valence-electron chi connectivity index (χ4n) is 4.37. The maximum absolute atomic E-state index is 11.9. The Hall–Kier alpha value is -3.62. The van der Waals surface area contributed by atoms with Crippen LogP contribution in [0.15, 0.2) is 47.2 Å². The monoisotopic (exact) mass is 537 g/mol. The fraction of sp³-hybridized carbons (Fsp3) is 0.259. The minimum atomic E-state index is -0.470. The lowest BCUT2D eigenvalue weighted by atomic mass is 10.0. The van der Waals surface area contributed by atoms with Crippen molar-refractivity contribution >= 4 is 29.2 Å². The molecular formula is C27H21Cl2N3O5. The number of nitrogens with zero attached hydrogens (tertiary/aromatic N) is 3. The Kier molecular flexibility index (Phi) is 6.22. The minimum Gasteiger partial charge on any atom is -0.473 e. The van der Waals surface area contributed by atoms with E-state index in [1.165, 1.54) is 13.3 Å². The van der Waals surface area contributed by atoms with Gasteiger partial charge >= 0.3 is 5.97 Å². The predicted octanol–water partition coefficient (Wildman–Crippen LogP) is 6.57. The van der Waals surface area contributed by atoms with E-state index in [4.69, 9.17) is 41.9 Å². The zero-order valence-corrected chi connectivity index (χ0v) is 21.3. The van der Waals surface area contributed by atoms with Gasteiger partial charge in [-0.05, 0) is 43.9 Å². The second-order valence-corrected chi connectivity index (χ2v) is 9.74. The molecule has 1 aliphatic heterocycles. The number of pyridine rings is 2. The van der Waals surface area contributed by atoms with Crippen LogP contribution >= 0.6 is 23.2 Å². The van der Waals surface area contributed by atoms with Gasteiger partial charge in [-0.2, -0.15) is 0 Å². The number of rotatable bonds is 6. The number of benzene rings is 1. The quantitative estimate of drug-likeness (QED) is 0.254. The van der Waals surface area contributed by atoms with E-state index in [0.717, 1.165) is 35.4 Å². The summed E-state index contributed by atoms with van der Waals surface area (Å²) in [5, 5.41) is 5.30. The summed E-state index contributed by atoms with van der Waals surface area (Å²) in [5.74, 6) is 2.18. The SMILES string of the molecule is COC(=O)c1cnc2c(c1)Oc1cnc(OCc3c(-c4c(Cl)cccc4Cl)noc3C3CC3)cc1CC2. The predicted molar refractivity (Wildman–Crippen MR) is 136 cm³/mol. The van der Waals surface area contributed by atoms with E-state index in [0.29, 0.717) is 63.0 Å². The van der Waals surface area contributed by atoms with Gasteiger partial charge in [0.15, 0.2) is 0 Å². The number of hydrogen-bond acceptors (Lipinski definition) is 8. The Morgan fingerprint density at radius 1 is 1.08 bits per heavy atom. The van der Waals surface area contributed by atoms with Crippen LogP contribution in [-0.2, 0) is 24.2 Å². The molecule has 1 saturated carbocycles. The topological polar surface area (TPSA) is 96.6 Å². The van der Waals surface area contributed by atoms with E-state index in [1.807, 2.05) is 6.07 Å². The lowest BCUT2D eigenvalue weighted by Crippen LogP contribution is -2.04. The third kappa shape index (κ3) is 4.63. The molecule has 8 nitrogen and oxygen atoms in total. The molecule has 0 spiro atoms. The Labute approximate surface area is 222 Å². The van der Waals surface area contributed by atoms with Gasteiger partial charge in [-0.1, -0.05) is 34.4 Å². The molecule has 0 saturated heterocycles. The van der Waals surface area contributed by atoms with Gasteiger partial charge in [-0.3, -0.25) is 4.98 Å². The van der Waals surface area contributed by atoms with Crippen LogP contribution in [0, 0.1) is 0 Å². The summed E-state index contributed by atoms with van der Waals surface area (Å²) in [6.07, 6.45) is 6.51. The van der Waals surface area contributed by atoms with Crippen molar-refractivity contribution in [3.05, 3.63) is 80.9 Å². The Morgan fingerprint density at radius 2 is 1.89 bits per heavy atom. The van der Waals surface area contributed by atoms with Gasteiger partial charge in [0.2, 0.25) is 5.88 Å². The molecule has 3 aromatic heterocycles. The lowest BCUT2D eigenvalue weighted by Gasteiger charge is -2.12. The highest BCUT2D eigenvalue weighted by atomic mass is 35.5. The standard InChI is InChI=1S/C27H21Cl2N3O5/c1-34-27(33)16-9-21-20(30-11-16)8-7-15-10-23(31-12-22(15)36-21)35-13-17-25(32-37-26(17)14-5-6-14)24-18(28)3-2-4-19(24)29/h2-4,9-12,14H,5-8,13H2,1H3. The summed E-state index contributed by atoms with van der Waals surface area (Å²) in [6.45, 7) is 0.198. The lowest BCUT2D eigenvalue weighted by molar-refractivity contribution is 0.0600. The average molecular weight is 538 g/mol. The van der Waals surface area contributed by atoms with Crippen LogP contribution in [0.3, 0.4) is 0 Å². The third-order valence-electron chi connectivity index (χ3n) is 6.46. The number of fused-ring (bicyclic) bond motifs is 2. The van der Waals surface area contributed by atoms with Crippen molar-refractivity contribution in [3.63, 3.8) is 0 Å². The summed E-state index contributed by atoms with van der Waals surface area (Å²) in [6, 6.07) is 8.83. The van der Waals surface area contributed by atoms with E-state index in [9.17, 15) is 4.79 Å². The highest BCUT2D eigenvalue weighted by Gasteiger charge is 2.34. The van der Waals surface area contributed by atoms with Crippen molar-refractivity contribution in [2.45, 2.75) is 38.2 Å². The second-order valence-electron chi connectivity index (χ2n) is 8.93. The van der Waals surface area contributed by atoms with Crippen LogP contribution in [0.2, 0.25) is 10.0 Å². The molecule has 4 aromatic rings. The molecule has 6 rings (SSSR count). The van der Waals surface area contributed by atoms with Gasteiger partial charge in [0.05, 0.1) is 40.2 Å². The van der Waals surface area contributed by atoms with Crippen molar-refractivity contribution < 1.29 is 23.5 Å². The van der Waals surface area contributed by atoms with Crippen molar-refractivity contribution in [2.24, 2.45) is 0 Å². The maximum atomic E-state index is 11.9. The van der Waals surface area contributed by atoms with Crippen LogP contribution in [-0.4, -0.2) is 28.2 Å². The molecule has 188 valence electrons. The average Bonchev–Trinajstić information content (AvgIpc) is 3.69. The van der Waals surface area contributed by atoms with Gasteiger partial charge in [0.1, 0.15) is 29.6 Å². The number of halogens is 2. The molecule has 1 fully saturated rings. The zero-order chi connectivity index (χ0) is 25.5. The molecule has 0 atom stereocenters. The van der Waals surface area contributed by atoms with E-state index in [1.54, 1.807) is 30.5 Å². The summed E-state index contributed by atoms with van der Waals surface area (Å²) < 4.78 is 22.7. The zero-order valence-electron chi connectivity index (χ0n) is 19.8. The number of aryl methyl sites for hydroxylation is 2. The summed E-state index contributed by atoms with van der Waals surface area (Å²) >= 11 is 12.9. The molecule has 0 unspecified atom stereocenters. The number of carbonyl (C=O) groups excluding carboxylic acids is 1. The molecule has 37 heavy (non-hydrogen) atoms. The first kappa shape index (κ1) is 23.8. The normalized spacial score (nSPS) is 14.2. The summed E-state index contributed by atoms with van der Waals surface area (Å²) in [4.78, 5) is 20.7. The smallest absolute Gasteiger partial charge is 0.339 e. The molecule has 4 heterocycles. The molecule has 0 N–H and O–H groups in total. The number of esters is 1. The van der Waals surface area contributed by atoms with Crippen LogP contribution in [0.25, 0.3) is 11.3 Å². The Bertz CT molecular complexity index is 1500.